The largest absolute Gasteiger partial charge is 0.360 e. The van der Waals surface area contributed by atoms with Crippen molar-refractivity contribution in [3.63, 3.8) is 0 Å². The van der Waals surface area contributed by atoms with Gasteiger partial charge >= 0.3 is 0 Å². The van der Waals surface area contributed by atoms with Crippen molar-refractivity contribution in [2.24, 2.45) is 0 Å². The minimum absolute atomic E-state index is 0.0121. The lowest BCUT2D eigenvalue weighted by Gasteiger charge is -1.94. The summed E-state index contributed by atoms with van der Waals surface area (Å²) in [4.78, 5) is 16.3. The van der Waals surface area contributed by atoms with E-state index in [2.05, 4.69) is 4.98 Å². The van der Waals surface area contributed by atoms with Gasteiger partial charge in [0, 0.05) is 32.6 Å². The summed E-state index contributed by atoms with van der Waals surface area (Å²) in [5.41, 5.74) is 1.54. The van der Waals surface area contributed by atoms with Crippen LogP contribution in [0.4, 0.5) is 0 Å². The number of carbonyl (C=O) groups is 1. The highest BCUT2D eigenvalue weighted by molar-refractivity contribution is 7.10. The second kappa shape index (κ2) is 5.03. The van der Waals surface area contributed by atoms with E-state index in [1.54, 1.807) is 29.7 Å². The highest BCUT2D eigenvalue weighted by Crippen LogP contribution is 2.23. The molecule has 0 saturated carbocycles. The first-order valence-electron chi connectivity index (χ1n) is 5.76. The Balaban J connectivity index is 1.94. The molecule has 19 heavy (non-hydrogen) atoms. The van der Waals surface area contributed by atoms with Crippen molar-refractivity contribution in [3.8, 4) is 0 Å². The zero-order valence-corrected chi connectivity index (χ0v) is 11.5. The van der Waals surface area contributed by atoms with Crippen molar-refractivity contribution in [1.29, 1.82) is 0 Å². The van der Waals surface area contributed by atoms with Crippen LogP contribution in [0.5, 0.6) is 0 Å². The number of carbonyl (C=O) groups excluding carboxylic acids is 1. The van der Waals surface area contributed by atoms with Crippen LogP contribution in [0.15, 0.2) is 48.0 Å². The van der Waals surface area contributed by atoms with Crippen molar-refractivity contribution < 1.29 is 4.79 Å². The summed E-state index contributed by atoms with van der Waals surface area (Å²) >= 11 is 7.52. The maximum Gasteiger partial charge on any atom is 0.188 e. The number of hydrogen-bond donors (Lipinski definition) is 1. The van der Waals surface area contributed by atoms with Gasteiger partial charge in [0.1, 0.15) is 0 Å². The fourth-order valence-electron chi connectivity index (χ4n) is 1.94. The molecule has 0 fully saturated rings. The number of H-pyrrole nitrogens is 1. The van der Waals surface area contributed by atoms with E-state index in [-0.39, 0.29) is 5.78 Å². The van der Waals surface area contributed by atoms with E-state index >= 15 is 0 Å². The van der Waals surface area contributed by atoms with E-state index in [1.807, 2.05) is 35.7 Å². The Kier molecular flexibility index (Phi) is 3.23. The van der Waals surface area contributed by atoms with Crippen LogP contribution >= 0.6 is 22.9 Å². The summed E-state index contributed by atoms with van der Waals surface area (Å²) in [6.45, 7) is 0. The first-order chi connectivity index (χ1) is 9.24. The molecular weight excluding hydrogens is 278 g/mol. The van der Waals surface area contributed by atoms with Crippen molar-refractivity contribution >= 4 is 45.7 Å². The normalized spacial score (nSPS) is 11.4. The number of thiophene rings is 1. The topological polar surface area (TPSA) is 32.9 Å². The van der Waals surface area contributed by atoms with Crippen LogP contribution in [0.2, 0.25) is 5.02 Å². The Morgan fingerprint density at radius 2 is 2.21 bits per heavy atom. The third-order valence-corrected chi connectivity index (χ3v) is 3.92. The first-order valence-corrected chi connectivity index (χ1v) is 7.02. The molecule has 0 amide bonds. The van der Waals surface area contributed by atoms with E-state index in [1.165, 1.54) is 0 Å². The third kappa shape index (κ3) is 2.48. The van der Waals surface area contributed by atoms with Gasteiger partial charge in [-0.15, -0.1) is 11.3 Å². The summed E-state index contributed by atoms with van der Waals surface area (Å²) in [6.07, 6.45) is 5.16. The summed E-state index contributed by atoms with van der Waals surface area (Å²) < 4.78 is 0. The molecule has 1 aromatic carbocycles. The van der Waals surface area contributed by atoms with Crippen LogP contribution in [-0.4, -0.2) is 10.8 Å². The van der Waals surface area contributed by atoms with Gasteiger partial charge in [-0.2, -0.15) is 0 Å². The fourth-order valence-corrected chi connectivity index (χ4v) is 2.73. The predicted molar refractivity (Wildman–Crippen MR) is 81.0 cm³/mol. The average Bonchev–Trinajstić information content (AvgIpc) is 3.04. The number of ketones is 1. The van der Waals surface area contributed by atoms with Gasteiger partial charge in [0.05, 0.1) is 0 Å². The Morgan fingerprint density at radius 3 is 3.00 bits per heavy atom. The summed E-state index contributed by atoms with van der Waals surface area (Å²) in [5, 5.41) is 3.53. The van der Waals surface area contributed by atoms with Gasteiger partial charge in [-0.25, -0.2) is 0 Å². The number of allylic oxidation sites excluding steroid dienone is 1. The number of hydrogen-bond acceptors (Lipinski definition) is 2. The van der Waals surface area contributed by atoms with E-state index in [9.17, 15) is 4.79 Å². The monoisotopic (exact) mass is 287 g/mol. The maximum atomic E-state index is 12.2. The van der Waals surface area contributed by atoms with Crippen molar-refractivity contribution in [2.45, 2.75) is 0 Å². The van der Waals surface area contributed by atoms with Crippen molar-refractivity contribution in [2.75, 3.05) is 0 Å². The fraction of sp³-hybridized carbons (Fsp3) is 0. The van der Waals surface area contributed by atoms with Crippen LogP contribution in [0, 0.1) is 0 Å². The Labute approximate surface area is 119 Å². The lowest BCUT2D eigenvalue weighted by Crippen LogP contribution is -1.91. The minimum Gasteiger partial charge on any atom is -0.360 e. The molecule has 2 heterocycles. The second-order valence-corrected chi connectivity index (χ2v) is 5.52. The van der Waals surface area contributed by atoms with Crippen molar-refractivity contribution in [1.82, 2.24) is 4.98 Å². The van der Waals surface area contributed by atoms with Crippen LogP contribution < -0.4 is 0 Å². The summed E-state index contributed by atoms with van der Waals surface area (Å²) in [7, 11) is 0. The first kappa shape index (κ1) is 12.2. The van der Waals surface area contributed by atoms with E-state index in [4.69, 9.17) is 11.6 Å². The van der Waals surface area contributed by atoms with Gasteiger partial charge in [-0.1, -0.05) is 23.7 Å². The van der Waals surface area contributed by atoms with E-state index < -0.39 is 0 Å². The van der Waals surface area contributed by atoms with Crippen LogP contribution in [0.3, 0.4) is 0 Å². The maximum absolute atomic E-state index is 12.2. The summed E-state index contributed by atoms with van der Waals surface area (Å²) in [5.74, 6) is -0.0121. The molecule has 3 aromatic rings. The quantitative estimate of drug-likeness (QED) is 0.546. The Hall–Kier alpha value is -1.84. The number of rotatable bonds is 3. The van der Waals surface area contributed by atoms with Crippen molar-refractivity contribution in [3.05, 3.63) is 63.4 Å². The SMILES string of the molecule is O=C(/C=C/c1cccs1)c1c[nH]c2cc(Cl)ccc12. The highest BCUT2D eigenvalue weighted by Gasteiger charge is 2.09. The molecule has 4 heteroatoms. The van der Waals surface area contributed by atoms with Gasteiger partial charge in [0.25, 0.3) is 0 Å². The molecule has 0 aliphatic rings. The second-order valence-electron chi connectivity index (χ2n) is 4.11. The number of benzene rings is 1. The highest BCUT2D eigenvalue weighted by atomic mass is 35.5. The van der Waals surface area contributed by atoms with Crippen LogP contribution in [0.25, 0.3) is 17.0 Å². The lowest BCUT2D eigenvalue weighted by molar-refractivity contribution is 0.104. The lowest BCUT2D eigenvalue weighted by atomic mass is 10.1. The molecule has 2 aromatic heterocycles. The molecule has 0 spiro atoms. The van der Waals surface area contributed by atoms with E-state index in [0.29, 0.717) is 10.6 Å². The molecule has 0 aliphatic carbocycles. The molecule has 2 nitrogen and oxygen atoms in total. The molecular formula is C15H10ClNOS. The van der Waals surface area contributed by atoms with Crippen LogP contribution in [-0.2, 0) is 0 Å². The molecule has 0 aliphatic heterocycles. The average molecular weight is 288 g/mol. The number of aromatic nitrogens is 1. The number of aromatic amines is 1. The smallest absolute Gasteiger partial charge is 0.188 e. The molecule has 0 radical (unpaired) electrons. The number of fused-ring (bicyclic) bond motifs is 1. The number of halogens is 1. The van der Waals surface area contributed by atoms with Gasteiger partial charge in [-0.05, 0) is 35.7 Å². The Morgan fingerprint density at radius 1 is 1.32 bits per heavy atom. The molecule has 3 rings (SSSR count). The van der Waals surface area contributed by atoms with Gasteiger partial charge in [0.2, 0.25) is 0 Å². The van der Waals surface area contributed by atoms with Gasteiger partial charge < -0.3 is 4.98 Å². The van der Waals surface area contributed by atoms with E-state index in [0.717, 1.165) is 15.8 Å². The zero-order valence-electron chi connectivity index (χ0n) is 9.89. The molecule has 0 unspecified atom stereocenters. The third-order valence-electron chi connectivity index (χ3n) is 2.85. The molecule has 0 bridgehead atoms. The zero-order chi connectivity index (χ0) is 13.2. The van der Waals surface area contributed by atoms with Crippen LogP contribution in [0.1, 0.15) is 15.2 Å². The molecule has 0 atom stereocenters. The predicted octanol–water partition coefficient (Wildman–Crippen LogP) is 4.78. The molecule has 0 saturated heterocycles. The summed E-state index contributed by atoms with van der Waals surface area (Å²) in [6, 6.07) is 9.40. The van der Waals surface area contributed by atoms with Gasteiger partial charge in [0.15, 0.2) is 5.78 Å². The minimum atomic E-state index is -0.0121. The standard InChI is InChI=1S/C15H10ClNOS/c16-10-3-5-12-13(9-17-14(12)8-10)15(18)6-4-11-2-1-7-19-11/h1-9,17H/b6-4+. The molecule has 1 N–H and O–H groups in total. The number of nitrogens with one attached hydrogen (secondary N) is 1. The van der Waals surface area contributed by atoms with Gasteiger partial charge in [-0.3, -0.25) is 4.79 Å². The molecule has 94 valence electrons. The Bertz CT molecular complexity index is 756.